The van der Waals surface area contributed by atoms with Gasteiger partial charge in [0.2, 0.25) is 5.91 Å². The number of fused-ring (bicyclic) bond motifs is 2. The fourth-order valence-corrected chi connectivity index (χ4v) is 4.18. The number of imidazole rings is 1. The van der Waals surface area contributed by atoms with E-state index in [1.54, 1.807) is 44.3 Å². The summed E-state index contributed by atoms with van der Waals surface area (Å²) in [6.45, 7) is 3.55. The Hall–Kier alpha value is -5.06. The molecular formula is C27H20F2N8O. The third-order valence-electron chi connectivity index (χ3n) is 6.11. The van der Waals surface area contributed by atoms with Crippen LogP contribution in [0.2, 0.25) is 0 Å². The van der Waals surface area contributed by atoms with Gasteiger partial charge in [0.1, 0.15) is 22.8 Å². The van der Waals surface area contributed by atoms with Gasteiger partial charge in [-0.1, -0.05) is 26.0 Å². The molecule has 188 valence electrons. The summed E-state index contributed by atoms with van der Waals surface area (Å²) in [5.74, 6) is -1.07. The summed E-state index contributed by atoms with van der Waals surface area (Å²) in [5, 5.41) is 9.92. The van der Waals surface area contributed by atoms with Crippen LogP contribution in [0.1, 0.15) is 13.8 Å². The molecule has 1 aromatic carbocycles. The van der Waals surface area contributed by atoms with Crippen LogP contribution in [0.5, 0.6) is 0 Å². The Labute approximate surface area is 214 Å². The first-order chi connectivity index (χ1) is 18.4. The fourth-order valence-electron chi connectivity index (χ4n) is 4.18. The van der Waals surface area contributed by atoms with Gasteiger partial charge in [0.05, 0.1) is 17.3 Å². The van der Waals surface area contributed by atoms with Gasteiger partial charge in [0, 0.05) is 41.2 Å². The van der Waals surface area contributed by atoms with Crippen LogP contribution in [0, 0.1) is 17.6 Å². The number of hydrogen-bond donors (Lipinski definition) is 3. The molecule has 9 nitrogen and oxygen atoms in total. The average molecular weight is 511 g/mol. The van der Waals surface area contributed by atoms with Crippen molar-refractivity contribution in [2.75, 3.05) is 5.32 Å². The van der Waals surface area contributed by atoms with Gasteiger partial charge in [0.25, 0.3) is 0 Å². The molecule has 0 saturated carbocycles. The Morgan fingerprint density at radius 1 is 0.974 bits per heavy atom. The van der Waals surface area contributed by atoms with Crippen LogP contribution in [0.25, 0.3) is 56.0 Å². The number of anilines is 1. The molecule has 0 fully saturated rings. The highest BCUT2D eigenvalue weighted by Gasteiger charge is 2.22. The molecule has 11 heteroatoms. The summed E-state index contributed by atoms with van der Waals surface area (Å²) in [4.78, 5) is 32.7. The van der Waals surface area contributed by atoms with Gasteiger partial charge < -0.3 is 10.3 Å². The van der Waals surface area contributed by atoms with Gasteiger partial charge in [-0.25, -0.2) is 23.7 Å². The molecule has 0 aliphatic rings. The number of pyridine rings is 3. The molecule has 0 aliphatic carbocycles. The molecule has 6 rings (SSSR count). The first kappa shape index (κ1) is 23.3. The maximum atomic E-state index is 16.0. The van der Waals surface area contributed by atoms with Crippen molar-refractivity contribution in [3.05, 3.63) is 72.8 Å². The number of aromatic nitrogens is 7. The minimum absolute atomic E-state index is 0.130. The summed E-state index contributed by atoms with van der Waals surface area (Å²) in [6, 6.07) is 9.54. The number of carbonyl (C=O) groups excluding carboxylic acids is 1. The number of carbonyl (C=O) groups is 1. The van der Waals surface area contributed by atoms with Crippen LogP contribution in [0.4, 0.5) is 14.5 Å². The third-order valence-corrected chi connectivity index (χ3v) is 6.11. The number of aromatic amines is 2. The molecule has 0 spiro atoms. The van der Waals surface area contributed by atoms with Crippen molar-refractivity contribution in [1.82, 2.24) is 35.1 Å². The smallest absolute Gasteiger partial charge is 0.226 e. The van der Waals surface area contributed by atoms with Crippen molar-refractivity contribution in [2.24, 2.45) is 5.92 Å². The maximum absolute atomic E-state index is 16.0. The lowest BCUT2D eigenvalue weighted by atomic mass is 10.1. The Kier molecular flexibility index (Phi) is 5.60. The molecule has 0 aliphatic heterocycles. The highest BCUT2D eigenvalue weighted by atomic mass is 19.1. The van der Waals surface area contributed by atoms with Crippen LogP contribution >= 0.6 is 0 Å². The third kappa shape index (κ3) is 4.03. The molecule has 3 N–H and O–H groups in total. The van der Waals surface area contributed by atoms with E-state index in [-0.39, 0.29) is 45.8 Å². The summed E-state index contributed by atoms with van der Waals surface area (Å²) in [6.07, 6.45) is 5.96. The zero-order chi connectivity index (χ0) is 26.4. The van der Waals surface area contributed by atoms with Crippen LogP contribution in [0.15, 0.2) is 61.2 Å². The van der Waals surface area contributed by atoms with E-state index in [1.807, 2.05) is 0 Å². The Morgan fingerprint density at radius 3 is 2.66 bits per heavy atom. The number of nitrogens with zero attached hydrogens (tertiary/aromatic N) is 5. The van der Waals surface area contributed by atoms with Crippen molar-refractivity contribution in [2.45, 2.75) is 13.8 Å². The molecular weight excluding hydrogens is 490 g/mol. The van der Waals surface area contributed by atoms with Gasteiger partial charge >= 0.3 is 0 Å². The van der Waals surface area contributed by atoms with Gasteiger partial charge in [-0.2, -0.15) is 5.10 Å². The molecule has 6 aromatic rings. The van der Waals surface area contributed by atoms with Crippen LogP contribution in [-0.4, -0.2) is 41.0 Å². The number of hydrogen-bond acceptors (Lipinski definition) is 6. The molecule has 0 unspecified atom stereocenters. The number of benzene rings is 1. The maximum Gasteiger partial charge on any atom is 0.226 e. The Bertz CT molecular complexity index is 1840. The van der Waals surface area contributed by atoms with E-state index < -0.39 is 5.82 Å². The van der Waals surface area contributed by atoms with E-state index in [1.165, 1.54) is 30.7 Å². The van der Waals surface area contributed by atoms with Crippen LogP contribution in [-0.2, 0) is 4.79 Å². The standard InChI is InChI=1S/C27H20F2N8O/c1-13(2)27(38)33-17-9-15(10-30-11-17)19-12-32-24-20(21(19)29)23(36-37-24)26-34-22-18(6-7-31-25(22)35-26)14-4-3-5-16(28)8-14/h3-13H,1-2H3,(H,33,38)(H,31,34,35)(H,32,36,37). The number of rotatable bonds is 5. The second kappa shape index (κ2) is 9.11. The fraction of sp³-hybridized carbons (Fsp3) is 0.111. The average Bonchev–Trinajstić information content (AvgIpc) is 3.53. The van der Waals surface area contributed by atoms with Crippen molar-refractivity contribution in [3.8, 4) is 33.8 Å². The Balaban J connectivity index is 1.45. The highest BCUT2D eigenvalue weighted by Crippen LogP contribution is 2.34. The number of nitrogens with one attached hydrogen (secondary N) is 3. The number of halogens is 2. The van der Waals surface area contributed by atoms with E-state index in [9.17, 15) is 9.18 Å². The topological polar surface area (TPSA) is 125 Å². The largest absolute Gasteiger partial charge is 0.324 e. The Morgan fingerprint density at radius 2 is 1.84 bits per heavy atom. The van der Waals surface area contributed by atoms with Crippen molar-refractivity contribution < 1.29 is 13.6 Å². The molecule has 0 atom stereocenters. The lowest BCUT2D eigenvalue weighted by Gasteiger charge is -2.09. The summed E-state index contributed by atoms with van der Waals surface area (Å²) >= 11 is 0. The normalized spacial score (nSPS) is 11.5. The zero-order valence-electron chi connectivity index (χ0n) is 20.3. The first-order valence-electron chi connectivity index (χ1n) is 11.8. The highest BCUT2D eigenvalue weighted by molar-refractivity contribution is 5.97. The lowest BCUT2D eigenvalue weighted by molar-refractivity contribution is -0.118. The number of H-pyrrole nitrogens is 2. The minimum Gasteiger partial charge on any atom is -0.324 e. The summed E-state index contributed by atoms with van der Waals surface area (Å²) < 4.78 is 29.9. The van der Waals surface area contributed by atoms with Gasteiger partial charge in [-0.05, 0) is 29.8 Å². The molecule has 1 amide bonds. The SMILES string of the molecule is CC(C)C(=O)Nc1cncc(-c2cnc3[nH]nc(-c4nc5c(-c6cccc(F)c6)ccnc5[nH]4)c3c2F)c1. The van der Waals surface area contributed by atoms with Crippen molar-refractivity contribution >= 4 is 33.8 Å². The van der Waals surface area contributed by atoms with Crippen LogP contribution < -0.4 is 5.32 Å². The predicted octanol–water partition coefficient (Wildman–Crippen LogP) is 5.50. The molecule has 5 aromatic heterocycles. The quantitative estimate of drug-likeness (QED) is 0.281. The lowest BCUT2D eigenvalue weighted by Crippen LogP contribution is -2.17. The van der Waals surface area contributed by atoms with Gasteiger partial charge in [0.15, 0.2) is 17.1 Å². The molecule has 38 heavy (non-hydrogen) atoms. The predicted molar refractivity (Wildman–Crippen MR) is 139 cm³/mol. The van der Waals surface area contributed by atoms with E-state index >= 15 is 4.39 Å². The molecule has 5 heterocycles. The minimum atomic E-state index is -0.577. The zero-order valence-corrected chi connectivity index (χ0v) is 20.3. The van der Waals surface area contributed by atoms with Gasteiger partial charge in [-0.3, -0.25) is 14.9 Å². The van der Waals surface area contributed by atoms with E-state index in [0.29, 0.717) is 33.5 Å². The molecule has 0 saturated heterocycles. The summed E-state index contributed by atoms with van der Waals surface area (Å²) in [5.41, 5.74) is 3.75. The monoisotopic (exact) mass is 510 g/mol. The number of amides is 1. The van der Waals surface area contributed by atoms with E-state index in [2.05, 4.69) is 40.4 Å². The van der Waals surface area contributed by atoms with Gasteiger partial charge in [-0.15, -0.1) is 0 Å². The summed E-state index contributed by atoms with van der Waals surface area (Å²) in [7, 11) is 0. The van der Waals surface area contributed by atoms with Crippen molar-refractivity contribution in [1.29, 1.82) is 0 Å². The molecule has 0 radical (unpaired) electrons. The first-order valence-corrected chi connectivity index (χ1v) is 11.8. The van der Waals surface area contributed by atoms with Crippen LogP contribution in [0.3, 0.4) is 0 Å². The second-order valence-electron chi connectivity index (χ2n) is 9.04. The van der Waals surface area contributed by atoms with E-state index in [4.69, 9.17) is 0 Å². The molecule has 0 bridgehead atoms. The van der Waals surface area contributed by atoms with E-state index in [0.717, 1.165) is 0 Å². The second-order valence-corrected chi connectivity index (χ2v) is 9.04. The van der Waals surface area contributed by atoms with Crippen molar-refractivity contribution in [3.63, 3.8) is 0 Å².